The van der Waals surface area contributed by atoms with Gasteiger partial charge in [-0.1, -0.05) is 23.7 Å². The molecule has 2 aromatic rings. The van der Waals surface area contributed by atoms with Gasteiger partial charge in [-0.05, 0) is 47.8 Å². The van der Waals surface area contributed by atoms with Gasteiger partial charge in [0.2, 0.25) is 0 Å². The summed E-state index contributed by atoms with van der Waals surface area (Å²) in [6, 6.07) is 7.82. The number of benzene rings is 1. The second kappa shape index (κ2) is 5.19. The normalized spacial score (nSPS) is 16.0. The first kappa shape index (κ1) is 12.5. The second-order valence-corrected chi connectivity index (χ2v) is 5.12. The molecule has 3 nitrogen and oxygen atoms in total. The molecule has 1 aromatic heterocycles. The molecule has 1 heterocycles. The van der Waals surface area contributed by atoms with Crippen LogP contribution < -0.4 is 0 Å². The van der Waals surface area contributed by atoms with Crippen LogP contribution in [-0.4, -0.2) is 21.5 Å². The fourth-order valence-corrected chi connectivity index (χ4v) is 2.66. The van der Waals surface area contributed by atoms with Gasteiger partial charge >= 0.3 is 0 Å². The van der Waals surface area contributed by atoms with Crippen LogP contribution >= 0.6 is 11.6 Å². The van der Waals surface area contributed by atoms with Gasteiger partial charge in [-0.25, -0.2) is 0 Å². The van der Waals surface area contributed by atoms with Crippen molar-refractivity contribution < 1.29 is 5.11 Å². The highest BCUT2D eigenvalue weighted by Gasteiger charge is 2.21. The highest BCUT2D eigenvalue weighted by atomic mass is 35.5. The van der Waals surface area contributed by atoms with Gasteiger partial charge in [0.1, 0.15) is 0 Å². The Balaban J connectivity index is 1.96. The molecular weight excluding hydrogens is 260 g/mol. The third kappa shape index (κ3) is 2.44. The summed E-state index contributed by atoms with van der Waals surface area (Å²) in [5.41, 5.74) is 4.87. The van der Waals surface area contributed by atoms with Crippen molar-refractivity contribution in [2.75, 3.05) is 6.61 Å². The van der Waals surface area contributed by atoms with Crippen LogP contribution in [0.1, 0.15) is 23.2 Å². The molecule has 0 fully saturated rings. The van der Waals surface area contributed by atoms with Gasteiger partial charge in [0.15, 0.2) is 0 Å². The van der Waals surface area contributed by atoms with Gasteiger partial charge in [-0.2, -0.15) is 5.10 Å². The van der Waals surface area contributed by atoms with E-state index in [0.29, 0.717) is 6.54 Å². The van der Waals surface area contributed by atoms with Crippen molar-refractivity contribution in [3.63, 3.8) is 0 Å². The van der Waals surface area contributed by atoms with E-state index >= 15 is 0 Å². The van der Waals surface area contributed by atoms with E-state index in [1.165, 1.54) is 16.8 Å². The number of aliphatic hydroxyl groups excluding tert-OH is 1. The van der Waals surface area contributed by atoms with Crippen LogP contribution in [0.2, 0.25) is 5.02 Å². The standard InChI is InChI=1S/C15H15ClN2O/c16-14-5-1-11(2-6-14)9-12-3-4-13-10-17-18(7-8-19)15(12)13/h1-2,5-6,9-10,19H,3-4,7-8H2/b12-9+. The van der Waals surface area contributed by atoms with Gasteiger partial charge in [-0.3, -0.25) is 4.68 Å². The molecule has 1 aromatic carbocycles. The molecule has 98 valence electrons. The molecule has 0 atom stereocenters. The number of aliphatic hydroxyl groups is 1. The van der Waals surface area contributed by atoms with E-state index in [9.17, 15) is 0 Å². The lowest BCUT2D eigenvalue weighted by molar-refractivity contribution is 0.269. The molecular formula is C15H15ClN2O. The maximum absolute atomic E-state index is 9.08. The first-order valence-corrected chi connectivity index (χ1v) is 6.78. The summed E-state index contributed by atoms with van der Waals surface area (Å²) in [4.78, 5) is 0. The van der Waals surface area contributed by atoms with Gasteiger partial charge in [0, 0.05) is 5.02 Å². The van der Waals surface area contributed by atoms with Gasteiger partial charge < -0.3 is 5.11 Å². The number of rotatable bonds is 3. The van der Waals surface area contributed by atoms with Crippen LogP contribution in [0.5, 0.6) is 0 Å². The van der Waals surface area contributed by atoms with E-state index in [2.05, 4.69) is 11.2 Å². The predicted molar refractivity (Wildman–Crippen MR) is 77.0 cm³/mol. The molecule has 1 aliphatic carbocycles. The number of hydrogen-bond donors (Lipinski definition) is 1. The molecule has 3 rings (SSSR count). The van der Waals surface area contributed by atoms with Gasteiger partial charge in [-0.15, -0.1) is 0 Å². The van der Waals surface area contributed by atoms with Crippen molar-refractivity contribution >= 4 is 23.3 Å². The molecule has 0 spiro atoms. The maximum atomic E-state index is 9.08. The Hall–Kier alpha value is -1.58. The van der Waals surface area contributed by atoms with Crippen LogP contribution in [0.25, 0.3) is 11.6 Å². The van der Waals surface area contributed by atoms with Crippen LogP contribution in [-0.2, 0) is 13.0 Å². The quantitative estimate of drug-likeness (QED) is 0.934. The third-order valence-electron chi connectivity index (χ3n) is 3.41. The lowest BCUT2D eigenvalue weighted by Crippen LogP contribution is -2.06. The summed E-state index contributed by atoms with van der Waals surface area (Å²) in [5.74, 6) is 0. The summed E-state index contributed by atoms with van der Waals surface area (Å²) in [6.45, 7) is 0.662. The predicted octanol–water partition coefficient (Wildman–Crippen LogP) is 3.02. The van der Waals surface area contributed by atoms with Crippen molar-refractivity contribution in [2.45, 2.75) is 19.4 Å². The molecule has 0 amide bonds. The number of hydrogen-bond acceptors (Lipinski definition) is 2. The summed E-state index contributed by atoms with van der Waals surface area (Å²) < 4.78 is 1.89. The highest BCUT2D eigenvalue weighted by Crippen LogP contribution is 2.33. The minimum absolute atomic E-state index is 0.113. The maximum Gasteiger partial charge on any atom is 0.0675 e. The fraction of sp³-hybridized carbons (Fsp3) is 0.267. The molecule has 0 bridgehead atoms. The molecule has 0 unspecified atom stereocenters. The van der Waals surface area contributed by atoms with Crippen molar-refractivity contribution in [1.29, 1.82) is 0 Å². The monoisotopic (exact) mass is 274 g/mol. The minimum Gasteiger partial charge on any atom is -0.394 e. The molecule has 0 saturated carbocycles. The van der Waals surface area contributed by atoms with Crippen molar-refractivity contribution in [3.8, 4) is 0 Å². The molecule has 0 radical (unpaired) electrons. The van der Waals surface area contributed by atoms with Crippen LogP contribution in [0, 0.1) is 0 Å². The number of nitrogens with zero attached hydrogens (tertiary/aromatic N) is 2. The number of halogens is 1. The van der Waals surface area contributed by atoms with E-state index in [-0.39, 0.29) is 6.61 Å². The molecule has 0 saturated heterocycles. The van der Waals surface area contributed by atoms with Crippen LogP contribution in [0.4, 0.5) is 0 Å². The lowest BCUT2D eigenvalue weighted by Gasteiger charge is -2.06. The summed E-state index contributed by atoms with van der Waals surface area (Å²) in [6.07, 6.45) is 6.15. The SMILES string of the molecule is OCCn1ncc2c1/C(=C/c1ccc(Cl)cc1)CC2. The number of allylic oxidation sites excluding steroid dienone is 1. The highest BCUT2D eigenvalue weighted by molar-refractivity contribution is 6.30. The Morgan fingerprint density at radius 1 is 1.26 bits per heavy atom. The summed E-state index contributed by atoms with van der Waals surface area (Å²) >= 11 is 5.90. The Kier molecular flexibility index (Phi) is 3.40. The average Bonchev–Trinajstić information content (AvgIpc) is 2.97. The molecule has 0 aliphatic heterocycles. The van der Waals surface area contributed by atoms with E-state index in [0.717, 1.165) is 23.4 Å². The molecule has 1 aliphatic rings. The zero-order chi connectivity index (χ0) is 13.2. The summed E-state index contributed by atoms with van der Waals surface area (Å²) in [5, 5.41) is 14.2. The molecule has 19 heavy (non-hydrogen) atoms. The Bertz CT molecular complexity index is 614. The molecule has 1 N–H and O–H groups in total. The smallest absolute Gasteiger partial charge is 0.0675 e. The van der Waals surface area contributed by atoms with E-state index in [1.807, 2.05) is 35.1 Å². The van der Waals surface area contributed by atoms with Crippen LogP contribution in [0.3, 0.4) is 0 Å². The number of aryl methyl sites for hydroxylation is 1. The number of fused-ring (bicyclic) bond motifs is 1. The summed E-state index contributed by atoms with van der Waals surface area (Å²) in [7, 11) is 0. The minimum atomic E-state index is 0.113. The van der Waals surface area contributed by atoms with E-state index in [4.69, 9.17) is 16.7 Å². The first-order chi connectivity index (χ1) is 9.28. The van der Waals surface area contributed by atoms with Crippen molar-refractivity contribution in [1.82, 2.24) is 9.78 Å². The fourth-order valence-electron chi connectivity index (χ4n) is 2.53. The van der Waals surface area contributed by atoms with E-state index < -0.39 is 0 Å². The lowest BCUT2D eigenvalue weighted by atomic mass is 10.1. The van der Waals surface area contributed by atoms with E-state index in [1.54, 1.807) is 0 Å². The topological polar surface area (TPSA) is 38.0 Å². The third-order valence-corrected chi connectivity index (χ3v) is 3.66. The Morgan fingerprint density at radius 3 is 2.79 bits per heavy atom. The second-order valence-electron chi connectivity index (χ2n) is 4.69. The first-order valence-electron chi connectivity index (χ1n) is 6.40. The largest absolute Gasteiger partial charge is 0.394 e. The Labute approximate surface area is 117 Å². The van der Waals surface area contributed by atoms with Crippen molar-refractivity contribution in [2.24, 2.45) is 0 Å². The zero-order valence-corrected chi connectivity index (χ0v) is 11.3. The zero-order valence-electron chi connectivity index (χ0n) is 10.5. The average molecular weight is 275 g/mol. The number of aromatic nitrogens is 2. The van der Waals surface area contributed by atoms with Gasteiger partial charge in [0.25, 0.3) is 0 Å². The molecule has 4 heteroatoms. The van der Waals surface area contributed by atoms with Gasteiger partial charge in [0.05, 0.1) is 25.0 Å². The van der Waals surface area contributed by atoms with Crippen molar-refractivity contribution in [3.05, 3.63) is 52.3 Å². The Morgan fingerprint density at radius 2 is 2.05 bits per heavy atom. The van der Waals surface area contributed by atoms with Crippen LogP contribution in [0.15, 0.2) is 30.5 Å².